The molecule has 98 valence electrons. The molecule has 1 aromatic carbocycles. The number of carboxylic acid groups (broad SMARTS) is 1. The van der Waals surface area contributed by atoms with Gasteiger partial charge in [-0.2, -0.15) is 0 Å². The first-order valence-electron chi connectivity index (χ1n) is 5.23. The van der Waals surface area contributed by atoms with Crippen molar-refractivity contribution in [3.63, 3.8) is 0 Å². The lowest BCUT2D eigenvalue weighted by Crippen LogP contribution is -2.13. The molecule has 0 unspecified atom stereocenters. The zero-order chi connectivity index (χ0) is 14.0. The fourth-order valence-corrected chi connectivity index (χ4v) is 2.02. The van der Waals surface area contributed by atoms with Crippen LogP contribution in [0.25, 0.3) is 0 Å². The quantitative estimate of drug-likeness (QED) is 0.905. The van der Waals surface area contributed by atoms with E-state index in [-0.39, 0.29) is 11.4 Å². The van der Waals surface area contributed by atoms with Gasteiger partial charge >= 0.3 is 5.97 Å². The van der Waals surface area contributed by atoms with Gasteiger partial charge in [-0.15, -0.1) is 11.3 Å². The highest BCUT2D eigenvalue weighted by atomic mass is 32.1. The summed E-state index contributed by atoms with van der Waals surface area (Å²) in [6.07, 6.45) is 0. The zero-order valence-electron chi connectivity index (χ0n) is 9.81. The first kappa shape index (κ1) is 13.2. The molecule has 0 aliphatic carbocycles. The van der Waals surface area contributed by atoms with Crippen LogP contribution in [0, 0.1) is 12.7 Å². The van der Waals surface area contributed by atoms with Gasteiger partial charge in [0, 0.05) is 11.1 Å². The van der Waals surface area contributed by atoms with E-state index in [4.69, 9.17) is 5.11 Å². The lowest BCUT2D eigenvalue weighted by atomic mass is 10.2. The van der Waals surface area contributed by atoms with E-state index in [0.717, 1.165) is 17.1 Å². The van der Waals surface area contributed by atoms with E-state index in [1.165, 1.54) is 17.4 Å². The van der Waals surface area contributed by atoms with E-state index in [0.29, 0.717) is 0 Å². The third-order valence-corrected chi connectivity index (χ3v) is 3.08. The summed E-state index contributed by atoms with van der Waals surface area (Å²) in [5.41, 5.74) is -0.0505. The molecule has 1 amide bonds. The standard InChI is InChI=1S/C12H9FN2O3S/c1-6-14-10(5-19-6)11(16)15-7-2-3-9(13)8(4-7)12(17)18/h2-5H,1H3,(H,15,16)(H,17,18). The Labute approximate surface area is 111 Å². The molecule has 0 saturated carbocycles. The number of aromatic nitrogens is 1. The fraction of sp³-hybridized carbons (Fsp3) is 0.0833. The molecule has 2 N–H and O–H groups in total. The Bertz CT molecular complexity index is 654. The molecule has 19 heavy (non-hydrogen) atoms. The van der Waals surface area contributed by atoms with Crippen molar-refractivity contribution in [3.05, 3.63) is 45.7 Å². The highest BCUT2D eigenvalue weighted by Gasteiger charge is 2.14. The second kappa shape index (κ2) is 5.15. The molecule has 1 aromatic heterocycles. The van der Waals surface area contributed by atoms with Crippen LogP contribution in [0.15, 0.2) is 23.6 Å². The molecule has 5 nitrogen and oxygen atoms in total. The van der Waals surface area contributed by atoms with E-state index in [1.54, 1.807) is 12.3 Å². The highest BCUT2D eigenvalue weighted by Crippen LogP contribution is 2.16. The average Bonchev–Trinajstić information content (AvgIpc) is 2.78. The van der Waals surface area contributed by atoms with Crippen molar-refractivity contribution < 1.29 is 19.1 Å². The largest absolute Gasteiger partial charge is 0.478 e. The topological polar surface area (TPSA) is 79.3 Å². The molecule has 2 aromatic rings. The Kier molecular flexibility index (Phi) is 3.57. The summed E-state index contributed by atoms with van der Waals surface area (Å²) in [4.78, 5) is 26.6. The van der Waals surface area contributed by atoms with Crippen molar-refractivity contribution in [2.24, 2.45) is 0 Å². The lowest BCUT2D eigenvalue weighted by Gasteiger charge is -2.05. The number of halogens is 1. The first-order valence-corrected chi connectivity index (χ1v) is 6.11. The Balaban J connectivity index is 2.22. The molecule has 0 radical (unpaired) electrons. The van der Waals surface area contributed by atoms with Gasteiger partial charge in [-0.25, -0.2) is 14.2 Å². The smallest absolute Gasteiger partial charge is 0.338 e. The maximum atomic E-state index is 13.2. The molecule has 7 heteroatoms. The summed E-state index contributed by atoms with van der Waals surface area (Å²) in [5.74, 6) is -2.71. The molecular formula is C12H9FN2O3S. The van der Waals surface area contributed by atoms with Gasteiger partial charge in [0.15, 0.2) is 0 Å². The van der Waals surface area contributed by atoms with Gasteiger partial charge in [-0.05, 0) is 25.1 Å². The summed E-state index contributed by atoms with van der Waals surface area (Å²) in [6.45, 7) is 1.77. The monoisotopic (exact) mass is 280 g/mol. The number of aromatic carboxylic acids is 1. The summed E-state index contributed by atoms with van der Waals surface area (Å²) < 4.78 is 13.2. The summed E-state index contributed by atoms with van der Waals surface area (Å²) >= 11 is 1.33. The average molecular weight is 280 g/mol. The van der Waals surface area contributed by atoms with Crippen LogP contribution < -0.4 is 5.32 Å². The van der Waals surface area contributed by atoms with Gasteiger partial charge in [0.1, 0.15) is 11.5 Å². The number of benzene rings is 1. The maximum absolute atomic E-state index is 13.2. The van der Waals surface area contributed by atoms with Crippen molar-refractivity contribution in [1.82, 2.24) is 4.98 Å². The Morgan fingerprint density at radius 2 is 2.16 bits per heavy atom. The molecule has 0 bridgehead atoms. The van der Waals surface area contributed by atoms with Crippen LogP contribution >= 0.6 is 11.3 Å². The number of aryl methyl sites for hydroxylation is 1. The zero-order valence-corrected chi connectivity index (χ0v) is 10.6. The van der Waals surface area contributed by atoms with Crippen LogP contribution in [-0.2, 0) is 0 Å². The van der Waals surface area contributed by atoms with Gasteiger partial charge in [0.05, 0.1) is 10.6 Å². The third kappa shape index (κ3) is 2.94. The Hall–Kier alpha value is -2.28. The second-order valence-corrected chi connectivity index (χ2v) is 4.77. The SMILES string of the molecule is Cc1nc(C(=O)Nc2ccc(F)c(C(=O)O)c2)cs1. The number of rotatable bonds is 3. The second-order valence-electron chi connectivity index (χ2n) is 3.71. The Morgan fingerprint density at radius 1 is 1.42 bits per heavy atom. The van der Waals surface area contributed by atoms with Crippen molar-refractivity contribution in [3.8, 4) is 0 Å². The molecule has 0 aliphatic rings. The minimum atomic E-state index is -1.39. The Morgan fingerprint density at radius 3 is 2.74 bits per heavy atom. The number of hydrogen-bond donors (Lipinski definition) is 2. The number of thiazole rings is 1. The van der Waals surface area contributed by atoms with Gasteiger partial charge in [0.2, 0.25) is 0 Å². The van der Waals surface area contributed by atoms with E-state index in [2.05, 4.69) is 10.3 Å². The van der Waals surface area contributed by atoms with Crippen LogP contribution in [0.4, 0.5) is 10.1 Å². The lowest BCUT2D eigenvalue weighted by molar-refractivity contribution is 0.0691. The van der Waals surface area contributed by atoms with Crippen molar-refractivity contribution in [1.29, 1.82) is 0 Å². The summed E-state index contributed by atoms with van der Waals surface area (Å²) in [6, 6.07) is 3.35. The third-order valence-electron chi connectivity index (χ3n) is 2.31. The van der Waals surface area contributed by atoms with Gasteiger partial charge in [-0.1, -0.05) is 0 Å². The number of amides is 1. The number of carboxylic acids is 1. The van der Waals surface area contributed by atoms with Gasteiger partial charge in [-0.3, -0.25) is 4.79 Å². The minimum Gasteiger partial charge on any atom is -0.478 e. The molecule has 0 aliphatic heterocycles. The highest BCUT2D eigenvalue weighted by molar-refractivity contribution is 7.09. The van der Waals surface area contributed by atoms with Crippen molar-refractivity contribution >= 4 is 28.9 Å². The van der Waals surface area contributed by atoms with E-state index in [1.807, 2.05) is 0 Å². The number of nitrogens with zero attached hydrogens (tertiary/aromatic N) is 1. The number of carbonyl (C=O) groups excluding carboxylic acids is 1. The predicted octanol–water partition coefficient (Wildman–Crippen LogP) is 2.54. The fourth-order valence-electron chi connectivity index (χ4n) is 1.43. The van der Waals surface area contributed by atoms with Crippen LogP contribution in [0.3, 0.4) is 0 Å². The maximum Gasteiger partial charge on any atom is 0.338 e. The van der Waals surface area contributed by atoms with Crippen LogP contribution in [0.2, 0.25) is 0 Å². The van der Waals surface area contributed by atoms with E-state index >= 15 is 0 Å². The van der Waals surface area contributed by atoms with Crippen molar-refractivity contribution in [2.45, 2.75) is 6.92 Å². The molecule has 0 atom stereocenters. The normalized spacial score (nSPS) is 10.2. The molecule has 0 spiro atoms. The van der Waals surface area contributed by atoms with Crippen molar-refractivity contribution in [2.75, 3.05) is 5.32 Å². The summed E-state index contributed by atoms with van der Waals surface area (Å²) in [5, 5.41) is 13.6. The van der Waals surface area contributed by atoms with E-state index in [9.17, 15) is 14.0 Å². The summed E-state index contributed by atoms with van der Waals surface area (Å²) in [7, 11) is 0. The molecular weight excluding hydrogens is 271 g/mol. The van der Waals surface area contributed by atoms with Gasteiger partial charge in [0.25, 0.3) is 5.91 Å². The van der Waals surface area contributed by atoms with Crippen LogP contribution in [-0.4, -0.2) is 22.0 Å². The minimum absolute atomic E-state index is 0.203. The molecule has 0 saturated heterocycles. The van der Waals surface area contributed by atoms with Crippen LogP contribution in [0.5, 0.6) is 0 Å². The molecule has 0 fully saturated rings. The van der Waals surface area contributed by atoms with Crippen LogP contribution in [0.1, 0.15) is 25.9 Å². The number of hydrogen-bond acceptors (Lipinski definition) is 4. The van der Waals surface area contributed by atoms with Gasteiger partial charge < -0.3 is 10.4 Å². The number of anilines is 1. The molecule has 1 heterocycles. The molecule has 2 rings (SSSR count). The number of nitrogens with one attached hydrogen (secondary N) is 1. The number of carbonyl (C=O) groups is 2. The first-order chi connectivity index (χ1) is 8.97. The predicted molar refractivity (Wildman–Crippen MR) is 68.2 cm³/mol. The van der Waals surface area contributed by atoms with E-state index < -0.39 is 23.3 Å².